The van der Waals surface area contributed by atoms with Crippen molar-refractivity contribution in [3.8, 4) is 0 Å². The summed E-state index contributed by atoms with van der Waals surface area (Å²) in [6.45, 7) is 5.11. The predicted octanol–water partition coefficient (Wildman–Crippen LogP) is 1.89. The first-order chi connectivity index (χ1) is 8.74. The maximum Gasteiger partial charge on any atom is 0.268 e. The van der Waals surface area contributed by atoms with Crippen molar-refractivity contribution in [1.29, 1.82) is 0 Å². The molecule has 1 aromatic carbocycles. The third kappa shape index (κ3) is 3.53. The summed E-state index contributed by atoms with van der Waals surface area (Å²) >= 11 is 0. The van der Waals surface area contributed by atoms with Gasteiger partial charge in [0.15, 0.2) is 0 Å². The maximum atomic E-state index is 12.3. The van der Waals surface area contributed by atoms with E-state index in [4.69, 9.17) is 0 Å². The summed E-state index contributed by atoms with van der Waals surface area (Å²) in [4.78, 5) is 22.6. The van der Waals surface area contributed by atoms with E-state index in [2.05, 4.69) is 5.43 Å². The normalized spacial score (nSPS) is 10.6. The van der Waals surface area contributed by atoms with Crippen LogP contribution in [0.15, 0.2) is 30.3 Å². The van der Waals surface area contributed by atoms with Gasteiger partial charge in [0.2, 0.25) is 0 Å². The molecule has 0 saturated heterocycles. The first kappa shape index (κ1) is 14.1. The molecule has 0 heterocycles. The van der Waals surface area contributed by atoms with Crippen LogP contribution < -0.4 is 5.43 Å². The van der Waals surface area contributed by atoms with Crippen molar-refractivity contribution in [2.24, 2.45) is 0 Å². The number of nitrogens with zero attached hydrogens (tertiary/aromatic N) is 1. The van der Waals surface area contributed by atoms with Crippen molar-refractivity contribution < 1.29 is 9.59 Å². The van der Waals surface area contributed by atoms with Gasteiger partial charge in [-0.1, -0.05) is 31.2 Å². The van der Waals surface area contributed by atoms with Crippen LogP contribution in [-0.2, 0) is 4.79 Å². The summed E-state index contributed by atoms with van der Waals surface area (Å²) in [7, 11) is 0. The molecule has 18 heavy (non-hydrogen) atoms. The molecular formula is C14H18N2O2. The van der Waals surface area contributed by atoms with Gasteiger partial charge < -0.3 is 0 Å². The van der Waals surface area contributed by atoms with Gasteiger partial charge in [-0.3, -0.25) is 14.6 Å². The van der Waals surface area contributed by atoms with Crippen molar-refractivity contribution in [1.82, 2.24) is 10.4 Å². The molecular weight excluding hydrogens is 228 g/mol. The predicted molar refractivity (Wildman–Crippen MR) is 71.9 cm³/mol. The Bertz CT molecular complexity index is 441. The summed E-state index contributed by atoms with van der Waals surface area (Å²) in [6.07, 6.45) is 3.72. The SMILES string of the molecule is CCNN(CC)C(=O)c1ccccc1/C=C/C=O. The Balaban J connectivity index is 3.03. The van der Waals surface area contributed by atoms with Crippen molar-refractivity contribution >= 4 is 18.3 Å². The molecule has 4 heteroatoms. The molecule has 1 N–H and O–H groups in total. The highest BCUT2D eigenvalue weighted by Crippen LogP contribution is 2.12. The van der Waals surface area contributed by atoms with Crippen molar-refractivity contribution in [2.75, 3.05) is 13.1 Å². The Morgan fingerprint density at radius 1 is 1.33 bits per heavy atom. The Kier molecular flexibility index (Phi) is 5.80. The lowest BCUT2D eigenvalue weighted by Crippen LogP contribution is -2.42. The molecule has 0 bridgehead atoms. The zero-order valence-corrected chi connectivity index (χ0v) is 10.7. The van der Waals surface area contributed by atoms with E-state index < -0.39 is 0 Å². The molecule has 1 aromatic rings. The Morgan fingerprint density at radius 3 is 2.67 bits per heavy atom. The summed E-state index contributed by atoms with van der Waals surface area (Å²) in [5, 5.41) is 1.56. The van der Waals surface area contributed by atoms with Crippen molar-refractivity contribution in [2.45, 2.75) is 13.8 Å². The van der Waals surface area contributed by atoms with Crippen LogP contribution in [0.4, 0.5) is 0 Å². The number of rotatable bonds is 6. The number of benzene rings is 1. The second-order valence-electron chi connectivity index (χ2n) is 3.64. The average Bonchev–Trinajstić information content (AvgIpc) is 2.42. The molecule has 0 aliphatic rings. The zero-order chi connectivity index (χ0) is 13.4. The smallest absolute Gasteiger partial charge is 0.268 e. The van der Waals surface area contributed by atoms with Gasteiger partial charge in [0.25, 0.3) is 5.91 Å². The third-order valence-electron chi connectivity index (χ3n) is 2.46. The molecule has 96 valence electrons. The van der Waals surface area contributed by atoms with Gasteiger partial charge in [-0.2, -0.15) is 0 Å². The molecule has 1 rings (SSSR count). The third-order valence-corrected chi connectivity index (χ3v) is 2.46. The lowest BCUT2D eigenvalue weighted by Gasteiger charge is -2.21. The number of amides is 1. The largest absolute Gasteiger partial charge is 0.299 e. The summed E-state index contributed by atoms with van der Waals surface area (Å²) in [5.41, 5.74) is 4.33. The second-order valence-corrected chi connectivity index (χ2v) is 3.64. The zero-order valence-electron chi connectivity index (χ0n) is 10.7. The van der Waals surface area contributed by atoms with Gasteiger partial charge in [-0.05, 0) is 24.6 Å². The molecule has 0 fully saturated rings. The number of nitrogens with one attached hydrogen (secondary N) is 1. The molecule has 0 unspecified atom stereocenters. The Labute approximate surface area is 107 Å². The Hall–Kier alpha value is -1.94. The van der Waals surface area contributed by atoms with E-state index in [1.165, 1.54) is 6.08 Å². The van der Waals surface area contributed by atoms with E-state index in [1.54, 1.807) is 17.2 Å². The van der Waals surface area contributed by atoms with Crippen molar-refractivity contribution in [3.05, 3.63) is 41.5 Å². The topological polar surface area (TPSA) is 49.4 Å². The summed E-state index contributed by atoms with van der Waals surface area (Å²) in [6, 6.07) is 7.22. The molecule has 0 aliphatic heterocycles. The van der Waals surface area contributed by atoms with Crippen molar-refractivity contribution in [3.63, 3.8) is 0 Å². The number of carbonyl (C=O) groups is 2. The lowest BCUT2D eigenvalue weighted by molar-refractivity contribution is -0.104. The van der Waals surface area contributed by atoms with Gasteiger partial charge in [-0.25, -0.2) is 5.43 Å². The fourth-order valence-electron chi connectivity index (χ4n) is 1.64. The molecule has 1 amide bonds. The fourth-order valence-corrected chi connectivity index (χ4v) is 1.64. The second kappa shape index (κ2) is 7.40. The number of hydrogen-bond acceptors (Lipinski definition) is 3. The van der Waals surface area contributed by atoms with E-state index in [1.807, 2.05) is 32.0 Å². The number of carbonyl (C=O) groups excluding carboxylic acids is 2. The molecule has 0 spiro atoms. The molecule has 0 aliphatic carbocycles. The van der Waals surface area contributed by atoms with Crippen LogP contribution >= 0.6 is 0 Å². The van der Waals surface area contributed by atoms with E-state index >= 15 is 0 Å². The first-order valence-electron chi connectivity index (χ1n) is 6.00. The van der Waals surface area contributed by atoms with Gasteiger partial charge in [0.05, 0.1) is 0 Å². The minimum atomic E-state index is -0.0921. The van der Waals surface area contributed by atoms with E-state index in [0.29, 0.717) is 24.9 Å². The van der Waals surface area contributed by atoms with E-state index in [0.717, 1.165) is 5.56 Å². The maximum absolute atomic E-state index is 12.3. The summed E-state index contributed by atoms with van der Waals surface area (Å²) < 4.78 is 0. The van der Waals surface area contributed by atoms with Gasteiger partial charge in [0.1, 0.15) is 6.29 Å². The number of hydrogen-bond donors (Lipinski definition) is 1. The highest BCUT2D eigenvalue weighted by atomic mass is 16.2. The molecule has 0 radical (unpaired) electrons. The molecule has 0 aromatic heterocycles. The fraction of sp³-hybridized carbons (Fsp3) is 0.286. The highest BCUT2D eigenvalue weighted by molar-refractivity contribution is 5.98. The first-order valence-corrected chi connectivity index (χ1v) is 6.00. The van der Waals surface area contributed by atoms with Crippen LogP contribution in [0.2, 0.25) is 0 Å². The van der Waals surface area contributed by atoms with E-state index in [9.17, 15) is 9.59 Å². The van der Waals surface area contributed by atoms with Crippen LogP contribution in [0.3, 0.4) is 0 Å². The van der Waals surface area contributed by atoms with Crippen LogP contribution in [0, 0.1) is 0 Å². The summed E-state index contributed by atoms with van der Waals surface area (Å²) in [5.74, 6) is -0.0921. The van der Waals surface area contributed by atoms with Crippen LogP contribution in [0.25, 0.3) is 6.08 Å². The number of allylic oxidation sites excluding steroid dienone is 1. The van der Waals surface area contributed by atoms with Crippen LogP contribution in [0.1, 0.15) is 29.8 Å². The van der Waals surface area contributed by atoms with E-state index in [-0.39, 0.29) is 5.91 Å². The van der Waals surface area contributed by atoms with Gasteiger partial charge in [-0.15, -0.1) is 0 Å². The van der Waals surface area contributed by atoms with Gasteiger partial charge in [0, 0.05) is 18.7 Å². The lowest BCUT2D eigenvalue weighted by atomic mass is 10.1. The number of aldehydes is 1. The molecule has 0 saturated carbocycles. The minimum Gasteiger partial charge on any atom is -0.299 e. The van der Waals surface area contributed by atoms with Gasteiger partial charge >= 0.3 is 0 Å². The number of hydrazine groups is 1. The monoisotopic (exact) mass is 246 g/mol. The minimum absolute atomic E-state index is 0.0921. The quantitative estimate of drug-likeness (QED) is 0.473. The molecule has 4 nitrogen and oxygen atoms in total. The Morgan fingerprint density at radius 2 is 2.06 bits per heavy atom. The van der Waals surface area contributed by atoms with Crippen LogP contribution in [-0.4, -0.2) is 30.3 Å². The highest BCUT2D eigenvalue weighted by Gasteiger charge is 2.15. The molecule has 0 atom stereocenters. The standard InChI is InChI=1S/C14H18N2O2/c1-3-15-16(4-2)14(18)13-10-6-5-8-12(13)9-7-11-17/h5-11,15H,3-4H2,1-2H3/b9-7+. The van der Waals surface area contributed by atoms with Crippen LogP contribution in [0.5, 0.6) is 0 Å². The average molecular weight is 246 g/mol.